The number of benzene rings is 2. The molecule has 5 atom stereocenters. The summed E-state index contributed by atoms with van der Waals surface area (Å²) in [7, 11) is 1.71. The summed E-state index contributed by atoms with van der Waals surface area (Å²) in [5.74, 6) is 1.94. The first-order chi connectivity index (χ1) is 12.9. The van der Waals surface area contributed by atoms with Gasteiger partial charge in [0.1, 0.15) is 5.75 Å². The van der Waals surface area contributed by atoms with E-state index in [4.69, 9.17) is 9.47 Å². The minimum absolute atomic E-state index is 0.0351. The second-order valence-corrected chi connectivity index (χ2v) is 8.72. The SMILES string of the molecule is COc1ccccc1-c1ccc([C@@H]2OC(C)(C)C3CC2[C@H](C)[C@@H](O)C3)cc1. The van der Waals surface area contributed by atoms with E-state index in [9.17, 15) is 5.11 Å². The van der Waals surface area contributed by atoms with E-state index in [1.54, 1.807) is 7.11 Å². The lowest BCUT2D eigenvalue weighted by Crippen LogP contribution is -2.52. The van der Waals surface area contributed by atoms with Crippen molar-refractivity contribution in [3.05, 3.63) is 54.1 Å². The molecule has 27 heavy (non-hydrogen) atoms. The first-order valence-corrected chi connectivity index (χ1v) is 10.00. The summed E-state index contributed by atoms with van der Waals surface area (Å²) in [4.78, 5) is 0. The number of aliphatic hydroxyl groups excluding tert-OH is 1. The quantitative estimate of drug-likeness (QED) is 0.808. The van der Waals surface area contributed by atoms with Crippen molar-refractivity contribution in [2.45, 2.75) is 51.4 Å². The summed E-state index contributed by atoms with van der Waals surface area (Å²) in [6.45, 7) is 6.52. The molecule has 2 aromatic rings. The maximum atomic E-state index is 10.6. The Balaban J connectivity index is 1.65. The first-order valence-electron chi connectivity index (χ1n) is 10.00. The number of fused-ring (bicyclic) bond motifs is 2. The summed E-state index contributed by atoms with van der Waals surface area (Å²) in [6.07, 6.45) is 1.79. The van der Waals surface area contributed by atoms with Gasteiger partial charge in [0, 0.05) is 5.56 Å². The molecule has 0 amide bonds. The molecule has 2 bridgehead atoms. The smallest absolute Gasteiger partial charge is 0.126 e. The minimum atomic E-state index is -0.229. The Kier molecular flexibility index (Phi) is 4.77. The minimum Gasteiger partial charge on any atom is -0.496 e. The molecule has 1 aliphatic carbocycles. The normalized spacial score (nSPS) is 32.1. The van der Waals surface area contributed by atoms with Crippen LogP contribution in [0.2, 0.25) is 0 Å². The molecule has 0 spiro atoms. The summed E-state index contributed by atoms with van der Waals surface area (Å²) >= 11 is 0. The molecule has 1 saturated heterocycles. The highest BCUT2D eigenvalue weighted by molar-refractivity contribution is 5.70. The number of rotatable bonds is 3. The van der Waals surface area contributed by atoms with E-state index in [1.807, 2.05) is 18.2 Å². The zero-order chi connectivity index (χ0) is 19.2. The van der Waals surface area contributed by atoms with Crippen LogP contribution in [0, 0.1) is 17.8 Å². The molecule has 1 saturated carbocycles. The van der Waals surface area contributed by atoms with Crippen molar-refractivity contribution in [2.75, 3.05) is 7.11 Å². The third-order valence-electron chi connectivity index (χ3n) is 6.82. The monoisotopic (exact) mass is 366 g/mol. The topological polar surface area (TPSA) is 38.7 Å². The van der Waals surface area contributed by atoms with Crippen molar-refractivity contribution in [2.24, 2.45) is 17.8 Å². The van der Waals surface area contributed by atoms with Crippen molar-refractivity contribution < 1.29 is 14.6 Å². The van der Waals surface area contributed by atoms with Crippen LogP contribution < -0.4 is 4.74 Å². The van der Waals surface area contributed by atoms with E-state index in [0.717, 1.165) is 29.7 Å². The van der Waals surface area contributed by atoms with Crippen LogP contribution in [-0.2, 0) is 4.74 Å². The Morgan fingerprint density at radius 1 is 1.04 bits per heavy atom. The number of methoxy groups -OCH3 is 1. The predicted octanol–water partition coefficient (Wildman–Crippen LogP) is 5.24. The Labute approximate surface area is 162 Å². The Morgan fingerprint density at radius 3 is 2.44 bits per heavy atom. The molecule has 2 aromatic carbocycles. The summed E-state index contributed by atoms with van der Waals surface area (Å²) in [5.41, 5.74) is 3.23. The van der Waals surface area contributed by atoms with E-state index in [1.165, 1.54) is 5.56 Å². The maximum Gasteiger partial charge on any atom is 0.126 e. The fraction of sp³-hybridized carbons (Fsp3) is 0.500. The predicted molar refractivity (Wildman–Crippen MR) is 108 cm³/mol. The first kappa shape index (κ1) is 18.5. The van der Waals surface area contributed by atoms with Gasteiger partial charge in [-0.3, -0.25) is 0 Å². The summed E-state index contributed by atoms with van der Waals surface area (Å²) < 4.78 is 12.1. The van der Waals surface area contributed by atoms with Crippen LogP contribution in [0.4, 0.5) is 0 Å². The van der Waals surface area contributed by atoms with Gasteiger partial charge in [0.15, 0.2) is 0 Å². The lowest BCUT2D eigenvalue weighted by molar-refractivity contribution is -0.215. The molecule has 1 heterocycles. The molecule has 0 radical (unpaired) electrons. The maximum absolute atomic E-state index is 10.6. The zero-order valence-electron chi connectivity index (χ0n) is 16.7. The van der Waals surface area contributed by atoms with Crippen LogP contribution in [-0.4, -0.2) is 23.9 Å². The van der Waals surface area contributed by atoms with Crippen LogP contribution >= 0.6 is 0 Å². The van der Waals surface area contributed by atoms with Crippen molar-refractivity contribution in [1.82, 2.24) is 0 Å². The highest BCUT2D eigenvalue weighted by Crippen LogP contribution is 2.53. The van der Waals surface area contributed by atoms with E-state index in [0.29, 0.717) is 11.8 Å². The van der Waals surface area contributed by atoms with Gasteiger partial charge >= 0.3 is 0 Å². The molecule has 3 nitrogen and oxygen atoms in total. The van der Waals surface area contributed by atoms with Gasteiger partial charge in [-0.25, -0.2) is 0 Å². The van der Waals surface area contributed by atoms with Gasteiger partial charge in [-0.15, -0.1) is 0 Å². The number of aliphatic hydroxyl groups is 1. The largest absolute Gasteiger partial charge is 0.496 e. The molecule has 1 aliphatic heterocycles. The van der Waals surface area contributed by atoms with Gasteiger partial charge in [-0.1, -0.05) is 49.4 Å². The van der Waals surface area contributed by atoms with E-state index >= 15 is 0 Å². The molecule has 2 fully saturated rings. The van der Waals surface area contributed by atoms with Crippen molar-refractivity contribution in [3.63, 3.8) is 0 Å². The van der Waals surface area contributed by atoms with E-state index < -0.39 is 0 Å². The fourth-order valence-corrected chi connectivity index (χ4v) is 4.96. The average Bonchev–Trinajstić information content (AvgIpc) is 2.68. The third-order valence-corrected chi connectivity index (χ3v) is 6.82. The van der Waals surface area contributed by atoms with Gasteiger partial charge in [0.25, 0.3) is 0 Å². The molecule has 4 rings (SSSR count). The fourth-order valence-electron chi connectivity index (χ4n) is 4.96. The zero-order valence-corrected chi connectivity index (χ0v) is 16.7. The number of ether oxygens (including phenoxy) is 2. The standard InChI is InChI=1S/C24H30O3/c1-15-20-13-18(14-21(15)25)24(2,3)27-23(20)17-11-9-16(10-12-17)19-7-5-6-8-22(19)26-4/h5-12,15,18,20-21,23,25H,13-14H2,1-4H3/t15-,18?,20?,21-,23-/m0/s1. The number of para-hydroxylation sites is 1. The van der Waals surface area contributed by atoms with Crippen molar-refractivity contribution in [1.29, 1.82) is 0 Å². The van der Waals surface area contributed by atoms with Crippen LogP contribution in [0.25, 0.3) is 11.1 Å². The highest BCUT2D eigenvalue weighted by Gasteiger charge is 2.50. The van der Waals surface area contributed by atoms with Gasteiger partial charge in [-0.05, 0) is 61.6 Å². The molecular weight excluding hydrogens is 336 g/mol. The van der Waals surface area contributed by atoms with Gasteiger partial charge in [0.05, 0.1) is 24.9 Å². The molecule has 144 valence electrons. The summed E-state index contributed by atoms with van der Waals surface area (Å²) in [5, 5.41) is 10.6. The Morgan fingerprint density at radius 2 is 1.74 bits per heavy atom. The van der Waals surface area contributed by atoms with E-state index in [-0.39, 0.29) is 23.7 Å². The Hall–Kier alpha value is -1.84. The molecule has 2 unspecified atom stereocenters. The van der Waals surface area contributed by atoms with Crippen LogP contribution in [0.3, 0.4) is 0 Å². The molecular formula is C24H30O3. The molecule has 1 N–H and O–H groups in total. The van der Waals surface area contributed by atoms with Crippen LogP contribution in [0.1, 0.15) is 45.3 Å². The second-order valence-electron chi connectivity index (χ2n) is 8.72. The third kappa shape index (κ3) is 3.28. The number of hydrogen-bond acceptors (Lipinski definition) is 3. The lowest BCUT2D eigenvalue weighted by Gasteiger charge is -2.53. The summed E-state index contributed by atoms with van der Waals surface area (Å²) in [6, 6.07) is 16.7. The van der Waals surface area contributed by atoms with Crippen LogP contribution in [0.15, 0.2) is 48.5 Å². The Bertz CT molecular complexity index is 796. The van der Waals surface area contributed by atoms with Gasteiger partial charge in [-0.2, -0.15) is 0 Å². The highest BCUT2D eigenvalue weighted by atomic mass is 16.5. The van der Waals surface area contributed by atoms with E-state index in [2.05, 4.69) is 51.1 Å². The number of hydrogen-bond donors (Lipinski definition) is 1. The second kappa shape index (κ2) is 6.96. The van der Waals surface area contributed by atoms with Crippen LogP contribution in [0.5, 0.6) is 5.75 Å². The molecule has 3 heteroatoms. The molecule has 2 aliphatic rings. The lowest BCUT2D eigenvalue weighted by atomic mass is 9.63. The van der Waals surface area contributed by atoms with Crippen molar-refractivity contribution >= 4 is 0 Å². The van der Waals surface area contributed by atoms with Crippen molar-refractivity contribution in [3.8, 4) is 16.9 Å². The molecule has 0 aromatic heterocycles. The van der Waals surface area contributed by atoms with Gasteiger partial charge < -0.3 is 14.6 Å². The average molecular weight is 367 g/mol. The van der Waals surface area contributed by atoms with Gasteiger partial charge in [0.2, 0.25) is 0 Å².